The van der Waals surface area contributed by atoms with Crippen LogP contribution in [0.1, 0.15) is 80.6 Å². The number of methoxy groups -OCH3 is 1. The first-order chi connectivity index (χ1) is 24.9. The molecule has 0 radical (unpaired) electrons. The van der Waals surface area contributed by atoms with E-state index in [0.29, 0.717) is 24.8 Å². The maximum Gasteiger partial charge on any atom is 0.331 e. The van der Waals surface area contributed by atoms with Gasteiger partial charge in [-0.25, -0.2) is 4.79 Å². The Kier molecular flexibility index (Phi) is 9.40. The number of hydrogen-bond acceptors (Lipinski definition) is 15. The molecule has 1 N–H and O–H groups in total. The zero-order valence-electron chi connectivity index (χ0n) is 31.4. The molecule has 0 amide bonds. The summed E-state index contributed by atoms with van der Waals surface area (Å²) in [5.74, 6) is -4.11. The highest BCUT2D eigenvalue weighted by atomic mass is 16.7. The smallest absolute Gasteiger partial charge is 0.331 e. The van der Waals surface area contributed by atoms with Gasteiger partial charge in [-0.1, -0.05) is 25.5 Å². The standard InChI is InChI=1S/C38H50O15/c1-17-11-26(45-8)30(49-19(3)40)34(47-17)52-25-13-23-14-28-38(53-28)32(35(23,6)15-27(25)48-18(2)39)31(50-20(4)41)33(51-21(5)42)36(7)24(9-10-37(36,38)44)22-12-29(43)46-16-22/h12-13,17,24-28,30-34,44H,9-11,14-16H2,1-8H3/t17-,24-,25-,26-,27-,28+,30-,31+,32-,33+,34+,35+,36+,37-,38+/m1/s1. The molecule has 5 fully saturated rings. The van der Waals surface area contributed by atoms with Crippen LogP contribution in [0.25, 0.3) is 0 Å². The second kappa shape index (κ2) is 13.1. The highest BCUT2D eigenvalue weighted by Gasteiger charge is 2.89. The molecule has 7 rings (SSSR count). The molecule has 3 heterocycles. The monoisotopic (exact) mass is 746 g/mol. The van der Waals surface area contributed by atoms with Crippen molar-refractivity contribution in [3.63, 3.8) is 0 Å². The maximum atomic E-state index is 13.2. The quantitative estimate of drug-likeness (QED) is 0.165. The van der Waals surface area contributed by atoms with Gasteiger partial charge in [0, 0.05) is 64.0 Å². The van der Waals surface area contributed by atoms with Crippen LogP contribution in [0.2, 0.25) is 0 Å². The predicted octanol–water partition coefficient (Wildman–Crippen LogP) is 2.39. The molecule has 4 aliphatic carbocycles. The molecule has 3 saturated carbocycles. The molecule has 3 aliphatic heterocycles. The Morgan fingerprint density at radius 2 is 1.58 bits per heavy atom. The molecule has 0 unspecified atom stereocenters. The third-order valence-electron chi connectivity index (χ3n) is 13.2. The fourth-order valence-corrected chi connectivity index (χ4v) is 11.3. The van der Waals surface area contributed by atoms with Crippen LogP contribution in [0.15, 0.2) is 23.3 Å². The largest absolute Gasteiger partial charge is 0.459 e. The zero-order chi connectivity index (χ0) is 38.4. The van der Waals surface area contributed by atoms with E-state index in [1.807, 2.05) is 26.8 Å². The van der Waals surface area contributed by atoms with Crippen molar-refractivity contribution in [1.29, 1.82) is 0 Å². The van der Waals surface area contributed by atoms with Crippen molar-refractivity contribution in [3.8, 4) is 0 Å². The summed E-state index contributed by atoms with van der Waals surface area (Å²) < 4.78 is 54.3. The summed E-state index contributed by atoms with van der Waals surface area (Å²) in [7, 11) is 1.52. The summed E-state index contributed by atoms with van der Waals surface area (Å²) in [4.78, 5) is 63.1. The Bertz CT molecular complexity index is 1640. The number of fused-ring (bicyclic) bond motifs is 3. The summed E-state index contributed by atoms with van der Waals surface area (Å²) in [6.07, 6.45) is -2.43. The Morgan fingerprint density at radius 3 is 2.19 bits per heavy atom. The molecular weight excluding hydrogens is 696 g/mol. The molecule has 0 bridgehead atoms. The highest BCUT2D eigenvalue weighted by Crippen LogP contribution is 2.78. The summed E-state index contributed by atoms with van der Waals surface area (Å²) >= 11 is 0. The van der Waals surface area contributed by atoms with Crippen LogP contribution in [0.5, 0.6) is 0 Å². The van der Waals surface area contributed by atoms with Crippen LogP contribution >= 0.6 is 0 Å². The number of aliphatic hydroxyl groups is 1. The lowest BCUT2D eigenvalue weighted by molar-refractivity contribution is -0.293. The van der Waals surface area contributed by atoms with Crippen molar-refractivity contribution >= 4 is 29.8 Å². The van der Waals surface area contributed by atoms with E-state index in [1.165, 1.54) is 40.9 Å². The maximum absolute atomic E-state index is 13.2. The van der Waals surface area contributed by atoms with E-state index in [4.69, 9.17) is 42.6 Å². The number of carbonyl (C=O) groups excluding carboxylic acids is 5. The van der Waals surface area contributed by atoms with Gasteiger partial charge in [0.2, 0.25) is 0 Å². The van der Waals surface area contributed by atoms with E-state index in [1.54, 1.807) is 0 Å². The molecule has 53 heavy (non-hydrogen) atoms. The molecule has 15 heteroatoms. The van der Waals surface area contributed by atoms with E-state index >= 15 is 0 Å². The van der Waals surface area contributed by atoms with Gasteiger partial charge in [-0.3, -0.25) is 19.2 Å². The normalized spacial score (nSPS) is 46.6. The van der Waals surface area contributed by atoms with Crippen molar-refractivity contribution in [2.45, 2.75) is 147 Å². The van der Waals surface area contributed by atoms with Gasteiger partial charge in [0.15, 0.2) is 12.4 Å². The Labute approximate surface area is 307 Å². The molecule has 0 aromatic rings. The van der Waals surface area contributed by atoms with Gasteiger partial charge in [-0.05, 0) is 44.1 Å². The third-order valence-corrected chi connectivity index (χ3v) is 13.2. The lowest BCUT2D eigenvalue weighted by Gasteiger charge is -2.64. The minimum absolute atomic E-state index is 0.0316. The van der Waals surface area contributed by atoms with Gasteiger partial charge in [-0.15, -0.1) is 0 Å². The van der Waals surface area contributed by atoms with Gasteiger partial charge >= 0.3 is 29.8 Å². The van der Waals surface area contributed by atoms with Crippen LogP contribution in [-0.2, 0) is 66.6 Å². The highest BCUT2D eigenvalue weighted by molar-refractivity contribution is 5.85. The van der Waals surface area contributed by atoms with Crippen molar-refractivity contribution in [1.82, 2.24) is 0 Å². The molecule has 1 spiro atoms. The minimum Gasteiger partial charge on any atom is -0.459 e. The molecule has 2 saturated heterocycles. The van der Waals surface area contributed by atoms with Crippen molar-refractivity contribution in [2.24, 2.45) is 22.7 Å². The fourth-order valence-electron chi connectivity index (χ4n) is 11.3. The molecule has 292 valence electrons. The van der Waals surface area contributed by atoms with Crippen molar-refractivity contribution in [2.75, 3.05) is 13.7 Å². The number of esters is 5. The first-order valence-corrected chi connectivity index (χ1v) is 18.4. The molecule has 0 aromatic heterocycles. The number of hydrogen-bond donors (Lipinski definition) is 1. The second-order valence-corrected chi connectivity index (χ2v) is 16.2. The van der Waals surface area contributed by atoms with Crippen LogP contribution in [-0.4, -0.2) is 115 Å². The molecule has 15 atom stereocenters. The summed E-state index contributed by atoms with van der Waals surface area (Å²) in [6, 6.07) is 0. The lowest BCUT2D eigenvalue weighted by atomic mass is 9.42. The van der Waals surface area contributed by atoms with E-state index in [0.717, 1.165) is 5.57 Å². The fraction of sp³-hybridized carbons (Fsp3) is 0.763. The van der Waals surface area contributed by atoms with Crippen LogP contribution < -0.4 is 0 Å². The average Bonchev–Trinajstić information content (AvgIpc) is 3.50. The summed E-state index contributed by atoms with van der Waals surface area (Å²) in [6.45, 7) is 10.8. The Balaban J connectivity index is 1.33. The van der Waals surface area contributed by atoms with E-state index in [-0.39, 0.29) is 25.6 Å². The lowest BCUT2D eigenvalue weighted by Crippen LogP contribution is -2.77. The number of rotatable bonds is 8. The SMILES string of the molecule is CO[C@@H]1C[C@@H](C)O[C@@H](O[C@@H]2C=C3C[C@@H]4O[C@]45[C@H]([C@H](OC(C)=O)[C@H](OC(C)=O)[C@]4(C)[C@@H](C6=CC(=O)OC6)CC[C@@]45O)[C@@]3(C)C[C@H]2OC(C)=O)[C@@H]1OC(C)=O. The third kappa shape index (κ3) is 5.75. The van der Waals surface area contributed by atoms with Crippen LogP contribution in [0.4, 0.5) is 0 Å². The van der Waals surface area contributed by atoms with Gasteiger partial charge < -0.3 is 47.7 Å². The Morgan fingerprint density at radius 1 is 0.925 bits per heavy atom. The molecule has 15 nitrogen and oxygen atoms in total. The Hall–Kier alpha value is -3.37. The van der Waals surface area contributed by atoms with Crippen molar-refractivity contribution in [3.05, 3.63) is 23.3 Å². The van der Waals surface area contributed by atoms with Gasteiger partial charge in [0.1, 0.15) is 48.3 Å². The van der Waals surface area contributed by atoms with Crippen LogP contribution in [0, 0.1) is 22.7 Å². The first-order valence-electron chi connectivity index (χ1n) is 18.4. The predicted molar refractivity (Wildman–Crippen MR) is 178 cm³/mol. The minimum atomic E-state index is -1.61. The molecular formula is C38H50O15. The number of cyclic esters (lactones) is 1. The van der Waals surface area contributed by atoms with Crippen LogP contribution in [0.3, 0.4) is 0 Å². The van der Waals surface area contributed by atoms with Gasteiger partial charge in [0.25, 0.3) is 0 Å². The van der Waals surface area contributed by atoms with Gasteiger partial charge in [-0.2, -0.15) is 0 Å². The number of epoxide rings is 1. The van der Waals surface area contributed by atoms with E-state index in [9.17, 15) is 29.1 Å². The number of ether oxygens (including phenoxy) is 9. The summed E-state index contributed by atoms with van der Waals surface area (Å²) in [5, 5.41) is 13.2. The topological polar surface area (TPSA) is 192 Å². The van der Waals surface area contributed by atoms with Crippen molar-refractivity contribution < 1.29 is 71.7 Å². The van der Waals surface area contributed by atoms with E-state index in [2.05, 4.69) is 0 Å². The number of carbonyl (C=O) groups is 5. The second-order valence-electron chi connectivity index (χ2n) is 16.2. The zero-order valence-corrected chi connectivity index (χ0v) is 31.4. The average molecular weight is 747 g/mol. The summed E-state index contributed by atoms with van der Waals surface area (Å²) in [5.41, 5.74) is -3.58. The molecule has 7 aliphatic rings. The van der Waals surface area contributed by atoms with Gasteiger partial charge in [0.05, 0.1) is 12.2 Å². The molecule has 0 aromatic carbocycles. The van der Waals surface area contributed by atoms with E-state index < -0.39 is 113 Å². The first kappa shape index (κ1) is 37.9.